The zero-order valence-electron chi connectivity index (χ0n) is 12.5. The number of carboxylic acids is 1. The van der Waals surface area contributed by atoms with E-state index in [1.807, 2.05) is 6.07 Å². The molecule has 2 rings (SSSR count). The molecule has 1 atom stereocenters. The molecule has 0 aliphatic heterocycles. The molecule has 0 heterocycles. The largest absolute Gasteiger partial charge is 0.481 e. The van der Waals surface area contributed by atoms with E-state index in [-0.39, 0.29) is 17.1 Å². The van der Waals surface area contributed by atoms with Crippen molar-refractivity contribution in [2.75, 3.05) is 0 Å². The Morgan fingerprint density at radius 3 is 2.39 bits per heavy atom. The van der Waals surface area contributed by atoms with Gasteiger partial charge in [0.1, 0.15) is 16.4 Å². The molecule has 122 valence electrons. The Hall–Kier alpha value is -2.38. The van der Waals surface area contributed by atoms with Crippen molar-refractivity contribution in [2.45, 2.75) is 24.3 Å². The molecule has 0 spiro atoms. The average Bonchev–Trinajstić information content (AvgIpc) is 2.47. The van der Waals surface area contributed by atoms with Crippen molar-refractivity contribution in [2.24, 2.45) is 0 Å². The molecular formula is C16H17NO5S. The van der Waals surface area contributed by atoms with E-state index in [2.05, 4.69) is 4.72 Å². The number of para-hydroxylation sites is 2. The highest BCUT2D eigenvalue weighted by Gasteiger charge is 2.23. The first-order chi connectivity index (χ1) is 10.9. The summed E-state index contributed by atoms with van der Waals surface area (Å²) in [5.41, 5.74) is 0. The van der Waals surface area contributed by atoms with Crippen molar-refractivity contribution in [1.29, 1.82) is 0 Å². The zero-order chi connectivity index (χ0) is 16.9. The Kier molecular flexibility index (Phi) is 5.36. The zero-order valence-corrected chi connectivity index (χ0v) is 13.3. The molecule has 0 unspecified atom stereocenters. The van der Waals surface area contributed by atoms with Crippen molar-refractivity contribution in [3.8, 4) is 11.5 Å². The number of hydrogen-bond donors (Lipinski definition) is 2. The molecule has 2 aromatic carbocycles. The molecule has 0 saturated heterocycles. The van der Waals surface area contributed by atoms with Crippen LogP contribution in [0, 0.1) is 0 Å². The lowest BCUT2D eigenvalue weighted by molar-refractivity contribution is -0.137. The van der Waals surface area contributed by atoms with E-state index >= 15 is 0 Å². The van der Waals surface area contributed by atoms with Crippen LogP contribution in [0.25, 0.3) is 0 Å². The molecule has 0 bridgehead atoms. The average molecular weight is 335 g/mol. The van der Waals surface area contributed by atoms with E-state index in [0.717, 1.165) is 0 Å². The molecule has 23 heavy (non-hydrogen) atoms. The fourth-order valence-corrected chi connectivity index (χ4v) is 3.38. The lowest BCUT2D eigenvalue weighted by Gasteiger charge is -2.15. The summed E-state index contributed by atoms with van der Waals surface area (Å²) in [5, 5.41) is 8.74. The van der Waals surface area contributed by atoms with E-state index < -0.39 is 22.0 Å². The first kappa shape index (κ1) is 17.0. The van der Waals surface area contributed by atoms with E-state index in [0.29, 0.717) is 5.75 Å². The molecule has 0 aliphatic carbocycles. The Balaban J connectivity index is 2.27. The smallest absolute Gasteiger partial charge is 0.304 e. The summed E-state index contributed by atoms with van der Waals surface area (Å²) in [5.74, 6) is -0.392. The van der Waals surface area contributed by atoms with Crippen molar-refractivity contribution in [3.63, 3.8) is 0 Å². The Bertz CT molecular complexity index is 774. The van der Waals surface area contributed by atoms with Crippen molar-refractivity contribution in [1.82, 2.24) is 4.72 Å². The first-order valence-corrected chi connectivity index (χ1v) is 8.43. The SMILES string of the molecule is C[C@H](CC(=O)O)NS(=O)(=O)c1ccccc1Oc1ccccc1. The van der Waals surface area contributed by atoms with Crippen LogP contribution in [-0.4, -0.2) is 25.5 Å². The summed E-state index contributed by atoms with van der Waals surface area (Å²) >= 11 is 0. The predicted molar refractivity (Wildman–Crippen MR) is 85.0 cm³/mol. The van der Waals surface area contributed by atoms with Gasteiger partial charge in [0.15, 0.2) is 0 Å². The monoisotopic (exact) mass is 335 g/mol. The summed E-state index contributed by atoms with van der Waals surface area (Å²) in [6.45, 7) is 1.49. The number of carbonyl (C=O) groups is 1. The van der Waals surface area contributed by atoms with Crippen LogP contribution in [0.1, 0.15) is 13.3 Å². The van der Waals surface area contributed by atoms with Crippen LogP contribution in [0.3, 0.4) is 0 Å². The highest BCUT2D eigenvalue weighted by atomic mass is 32.2. The van der Waals surface area contributed by atoms with Crippen molar-refractivity contribution < 1.29 is 23.1 Å². The number of ether oxygens (including phenoxy) is 1. The lowest BCUT2D eigenvalue weighted by Crippen LogP contribution is -2.34. The molecule has 0 fully saturated rings. The van der Waals surface area contributed by atoms with Gasteiger partial charge in [-0.2, -0.15) is 0 Å². The van der Waals surface area contributed by atoms with Gasteiger partial charge in [-0.15, -0.1) is 0 Å². The molecule has 6 nitrogen and oxygen atoms in total. The van der Waals surface area contributed by atoms with Gasteiger partial charge in [-0.05, 0) is 31.2 Å². The fraction of sp³-hybridized carbons (Fsp3) is 0.188. The molecule has 0 amide bonds. The maximum Gasteiger partial charge on any atom is 0.304 e. The molecule has 2 N–H and O–H groups in total. The van der Waals surface area contributed by atoms with E-state index in [9.17, 15) is 13.2 Å². The minimum absolute atomic E-state index is 0.0407. The van der Waals surface area contributed by atoms with Gasteiger partial charge in [-0.25, -0.2) is 13.1 Å². The number of hydrogen-bond acceptors (Lipinski definition) is 4. The normalized spacial score (nSPS) is 12.6. The first-order valence-electron chi connectivity index (χ1n) is 6.94. The van der Waals surface area contributed by atoms with Crippen LogP contribution < -0.4 is 9.46 Å². The third kappa shape index (κ3) is 4.80. The quantitative estimate of drug-likeness (QED) is 0.811. The number of aliphatic carboxylic acids is 1. The van der Waals surface area contributed by atoms with Gasteiger partial charge in [-0.3, -0.25) is 4.79 Å². The van der Waals surface area contributed by atoms with Gasteiger partial charge in [0, 0.05) is 6.04 Å². The minimum Gasteiger partial charge on any atom is -0.481 e. The summed E-state index contributed by atoms with van der Waals surface area (Å²) in [6.07, 6.45) is -0.305. The molecule has 2 aromatic rings. The van der Waals surface area contributed by atoms with Crippen LogP contribution in [0.15, 0.2) is 59.5 Å². The number of benzene rings is 2. The van der Waals surface area contributed by atoms with Crippen LogP contribution in [0.2, 0.25) is 0 Å². The summed E-state index contributed by atoms with van der Waals surface area (Å²) in [6, 6.07) is 14.3. The van der Waals surface area contributed by atoms with Crippen LogP contribution >= 0.6 is 0 Å². The molecule has 0 radical (unpaired) electrons. The van der Waals surface area contributed by atoms with E-state index in [4.69, 9.17) is 9.84 Å². The maximum absolute atomic E-state index is 12.5. The second-order valence-corrected chi connectivity index (χ2v) is 6.66. The lowest BCUT2D eigenvalue weighted by atomic mass is 10.3. The number of carboxylic acid groups (broad SMARTS) is 1. The number of sulfonamides is 1. The second-order valence-electron chi connectivity index (χ2n) is 4.98. The maximum atomic E-state index is 12.5. The molecule has 0 saturated carbocycles. The van der Waals surface area contributed by atoms with Crippen LogP contribution in [0.4, 0.5) is 0 Å². The topological polar surface area (TPSA) is 92.7 Å². The fourth-order valence-electron chi connectivity index (χ4n) is 2.00. The Labute approximate surface area is 134 Å². The van der Waals surface area contributed by atoms with E-state index in [1.165, 1.54) is 13.0 Å². The van der Waals surface area contributed by atoms with Crippen LogP contribution in [-0.2, 0) is 14.8 Å². The third-order valence-electron chi connectivity index (χ3n) is 2.95. The summed E-state index contributed by atoms with van der Waals surface area (Å²) in [4.78, 5) is 10.6. The second kappa shape index (κ2) is 7.26. The summed E-state index contributed by atoms with van der Waals surface area (Å²) in [7, 11) is -3.89. The van der Waals surface area contributed by atoms with Gasteiger partial charge in [0.05, 0.1) is 6.42 Å². The highest BCUT2D eigenvalue weighted by Crippen LogP contribution is 2.28. The van der Waals surface area contributed by atoms with Gasteiger partial charge in [0.2, 0.25) is 10.0 Å². The van der Waals surface area contributed by atoms with E-state index in [1.54, 1.807) is 42.5 Å². The van der Waals surface area contributed by atoms with Gasteiger partial charge in [-0.1, -0.05) is 30.3 Å². The standard InChI is InChI=1S/C16H17NO5S/c1-12(11-16(18)19)17-23(20,21)15-10-6-5-9-14(15)22-13-7-3-2-4-8-13/h2-10,12,17H,11H2,1H3,(H,18,19)/t12-/m1/s1. The van der Waals surface area contributed by atoms with Gasteiger partial charge >= 0.3 is 5.97 Å². The van der Waals surface area contributed by atoms with Crippen molar-refractivity contribution >= 4 is 16.0 Å². The van der Waals surface area contributed by atoms with Gasteiger partial charge in [0.25, 0.3) is 0 Å². The number of nitrogens with one attached hydrogen (secondary N) is 1. The molecule has 0 aliphatic rings. The Morgan fingerprint density at radius 2 is 1.74 bits per heavy atom. The number of rotatable bonds is 7. The van der Waals surface area contributed by atoms with Gasteiger partial charge < -0.3 is 9.84 Å². The van der Waals surface area contributed by atoms with Crippen LogP contribution in [0.5, 0.6) is 11.5 Å². The third-order valence-corrected chi connectivity index (χ3v) is 4.58. The predicted octanol–water partition coefficient (Wildman–Crippen LogP) is 2.62. The summed E-state index contributed by atoms with van der Waals surface area (Å²) < 4.78 is 32.9. The highest BCUT2D eigenvalue weighted by molar-refractivity contribution is 7.89. The molecule has 0 aromatic heterocycles. The minimum atomic E-state index is -3.89. The Morgan fingerprint density at radius 1 is 1.13 bits per heavy atom. The van der Waals surface area contributed by atoms with Crippen molar-refractivity contribution in [3.05, 3.63) is 54.6 Å². The molecular weight excluding hydrogens is 318 g/mol. The molecule has 7 heteroatoms.